The number of carbonyl (C=O) groups is 2. The van der Waals surface area contributed by atoms with Crippen molar-refractivity contribution in [1.29, 1.82) is 0 Å². The molecule has 0 fully saturated rings. The molecule has 0 aliphatic heterocycles. The summed E-state index contributed by atoms with van der Waals surface area (Å²) in [7, 11) is 0. The van der Waals surface area contributed by atoms with Crippen LogP contribution in [-0.4, -0.2) is 18.6 Å². The molecule has 0 radical (unpaired) electrons. The summed E-state index contributed by atoms with van der Waals surface area (Å²) < 4.78 is 4.59. The fourth-order valence-corrected chi connectivity index (χ4v) is 1.21. The maximum absolute atomic E-state index is 11.7. The van der Waals surface area contributed by atoms with Crippen LogP contribution in [0.3, 0.4) is 0 Å². The fourth-order valence-electron chi connectivity index (χ4n) is 1.21. The average Bonchev–Trinajstić information content (AvgIpc) is 2.29. The standard InChI is InChI=1S/C11H15N3O3/c1-3-17-11(16)14-13-10(15)8-6-7(2)4-5-9(8)12/h4-6H,3,12H2,1-2H3,(H,13,15)(H,14,16). The zero-order valence-electron chi connectivity index (χ0n) is 9.74. The summed E-state index contributed by atoms with van der Waals surface area (Å²) in [5.74, 6) is -0.487. The summed E-state index contributed by atoms with van der Waals surface area (Å²) in [6, 6.07) is 5.07. The molecule has 6 nitrogen and oxygen atoms in total. The van der Waals surface area contributed by atoms with Gasteiger partial charge in [-0.05, 0) is 26.0 Å². The Morgan fingerprint density at radius 1 is 1.35 bits per heavy atom. The number of anilines is 1. The van der Waals surface area contributed by atoms with Gasteiger partial charge in [0.25, 0.3) is 5.91 Å². The van der Waals surface area contributed by atoms with Crippen molar-refractivity contribution in [3.63, 3.8) is 0 Å². The van der Waals surface area contributed by atoms with Crippen LogP contribution < -0.4 is 16.6 Å². The highest BCUT2D eigenvalue weighted by Gasteiger charge is 2.10. The first-order chi connectivity index (χ1) is 8.04. The van der Waals surface area contributed by atoms with Gasteiger partial charge in [-0.25, -0.2) is 10.2 Å². The Balaban J connectivity index is 2.64. The summed E-state index contributed by atoms with van der Waals surface area (Å²) in [4.78, 5) is 22.6. The monoisotopic (exact) mass is 237 g/mol. The molecule has 0 aliphatic rings. The van der Waals surface area contributed by atoms with Crippen molar-refractivity contribution in [2.45, 2.75) is 13.8 Å². The summed E-state index contributed by atoms with van der Waals surface area (Å²) in [5, 5.41) is 0. The van der Waals surface area contributed by atoms with E-state index >= 15 is 0 Å². The molecule has 0 spiro atoms. The summed E-state index contributed by atoms with van der Waals surface area (Å²) in [6.07, 6.45) is -0.716. The SMILES string of the molecule is CCOC(=O)NNC(=O)c1cc(C)ccc1N. The van der Waals surface area contributed by atoms with Crippen molar-refractivity contribution in [3.05, 3.63) is 29.3 Å². The van der Waals surface area contributed by atoms with Gasteiger partial charge in [0.1, 0.15) is 0 Å². The lowest BCUT2D eigenvalue weighted by molar-refractivity contribution is 0.0913. The first-order valence-corrected chi connectivity index (χ1v) is 5.13. The van der Waals surface area contributed by atoms with E-state index < -0.39 is 12.0 Å². The second-order valence-corrected chi connectivity index (χ2v) is 3.39. The summed E-state index contributed by atoms with van der Waals surface area (Å²) >= 11 is 0. The van der Waals surface area contributed by atoms with Crippen molar-refractivity contribution < 1.29 is 14.3 Å². The highest BCUT2D eigenvalue weighted by molar-refractivity contribution is 5.99. The normalized spacial score (nSPS) is 9.53. The molecule has 6 heteroatoms. The number of aryl methyl sites for hydroxylation is 1. The van der Waals surface area contributed by atoms with Crippen LogP contribution in [0.2, 0.25) is 0 Å². The highest BCUT2D eigenvalue weighted by Crippen LogP contribution is 2.12. The Kier molecular flexibility index (Phi) is 4.33. The van der Waals surface area contributed by atoms with E-state index in [2.05, 4.69) is 15.6 Å². The molecule has 92 valence electrons. The van der Waals surface area contributed by atoms with E-state index in [1.54, 1.807) is 25.1 Å². The molecule has 0 saturated heterocycles. The number of nitrogen functional groups attached to an aromatic ring is 1. The van der Waals surface area contributed by atoms with Gasteiger partial charge in [-0.1, -0.05) is 11.6 Å². The smallest absolute Gasteiger partial charge is 0.426 e. The number of benzene rings is 1. The van der Waals surface area contributed by atoms with Crippen LogP contribution in [0, 0.1) is 6.92 Å². The third kappa shape index (κ3) is 3.67. The summed E-state index contributed by atoms with van der Waals surface area (Å²) in [6.45, 7) is 3.74. The van der Waals surface area contributed by atoms with E-state index in [0.717, 1.165) is 5.56 Å². The molecule has 0 atom stereocenters. The molecule has 1 aromatic carbocycles. The number of hydrogen-bond donors (Lipinski definition) is 3. The fraction of sp³-hybridized carbons (Fsp3) is 0.273. The molecule has 0 heterocycles. The van der Waals surface area contributed by atoms with Gasteiger partial charge in [0, 0.05) is 5.69 Å². The van der Waals surface area contributed by atoms with Gasteiger partial charge in [-0.3, -0.25) is 10.2 Å². The van der Waals surface area contributed by atoms with Crippen molar-refractivity contribution in [1.82, 2.24) is 10.9 Å². The van der Waals surface area contributed by atoms with Crippen LogP contribution in [0.4, 0.5) is 10.5 Å². The lowest BCUT2D eigenvalue weighted by Gasteiger charge is -2.09. The molecule has 0 unspecified atom stereocenters. The molecule has 1 aromatic rings. The third-order valence-electron chi connectivity index (χ3n) is 2.01. The van der Waals surface area contributed by atoms with Crippen LogP contribution in [0.1, 0.15) is 22.8 Å². The maximum atomic E-state index is 11.7. The van der Waals surface area contributed by atoms with Gasteiger partial charge in [-0.15, -0.1) is 0 Å². The molecule has 0 bridgehead atoms. The van der Waals surface area contributed by atoms with Crippen LogP contribution in [0.5, 0.6) is 0 Å². The van der Waals surface area contributed by atoms with E-state index in [0.29, 0.717) is 11.3 Å². The van der Waals surface area contributed by atoms with Crippen LogP contribution in [-0.2, 0) is 4.74 Å². The predicted molar refractivity (Wildman–Crippen MR) is 63.2 cm³/mol. The van der Waals surface area contributed by atoms with Gasteiger partial charge >= 0.3 is 6.09 Å². The minimum Gasteiger partial charge on any atom is -0.449 e. The first-order valence-electron chi connectivity index (χ1n) is 5.13. The molecule has 17 heavy (non-hydrogen) atoms. The topological polar surface area (TPSA) is 93.5 Å². The van der Waals surface area contributed by atoms with Crippen molar-refractivity contribution in [2.75, 3.05) is 12.3 Å². The minimum atomic E-state index is -0.716. The molecule has 4 N–H and O–H groups in total. The van der Waals surface area contributed by atoms with Gasteiger partial charge in [0.2, 0.25) is 0 Å². The summed E-state index contributed by atoms with van der Waals surface area (Å²) in [5.41, 5.74) is 11.5. The number of hydrazine groups is 1. The van der Waals surface area contributed by atoms with Gasteiger partial charge in [0.15, 0.2) is 0 Å². The lowest BCUT2D eigenvalue weighted by atomic mass is 10.1. The number of carbonyl (C=O) groups excluding carboxylic acids is 2. The Hall–Kier alpha value is -2.24. The Labute approximate surface area is 99.1 Å². The molecule has 0 aliphatic carbocycles. The van der Waals surface area contributed by atoms with E-state index in [4.69, 9.17) is 5.73 Å². The van der Waals surface area contributed by atoms with E-state index in [-0.39, 0.29) is 6.61 Å². The molecular formula is C11H15N3O3. The molecule has 0 aromatic heterocycles. The predicted octanol–water partition coefficient (Wildman–Crippen LogP) is 0.968. The number of amides is 2. The minimum absolute atomic E-state index is 0.230. The maximum Gasteiger partial charge on any atom is 0.426 e. The van der Waals surface area contributed by atoms with E-state index in [1.165, 1.54) is 0 Å². The number of hydrogen-bond acceptors (Lipinski definition) is 4. The van der Waals surface area contributed by atoms with Gasteiger partial charge in [-0.2, -0.15) is 0 Å². The van der Waals surface area contributed by atoms with Gasteiger partial charge in [0.05, 0.1) is 12.2 Å². The lowest BCUT2D eigenvalue weighted by Crippen LogP contribution is -2.42. The van der Waals surface area contributed by atoms with Crippen LogP contribution in [0.15, 0.2) is 18.2 Å². The van der Waals surface area contributed by atoms with E-state index in [9.17, 15) is 9.59 Å². The Morgan fingerprint density at radius 3 is 2.71 bits per heavy atom. The average molecular weight is 237 g/mol. The second-order valence-electron chi connectivity index (χ2n) is 3.39. The first kappa shape index (κ1) is 12.8. The number of rotatable bonds is 2. The number of ether oxygens (including phenoxy) is 1. The van der Waals surface area contributed by atoms with Crippen molar-refractivity contribution >= 4 is 17.7 Å². The number of nitrogens with two attached hydrogens (primary N) is 1. The number of nitrogens with one attached hydrogen (secondary N) is 2. The van der Waals surface area contributed by atoms with Crippen molar-refractivity contribution in [3.8, 4) is 0 Å². The van der Waals surface area contributed by atoms with Crippen LogP contribution >= 0.6 is 0 Å². The Bertz CT molecular complexity index is 432. The van der Waals surface area contributed by atoms with E-state index in [1.807, 2.05) is 6.92 Å². The van der Waals surface area contributed by atoms with Crippen molar-refractivity contribution in [2.24, 2.45) is 0 Å². The molecular weight excluding hydrogens is 222 g/mol. The third-order valence-corrected chi connectivity index (χ3v) is 2.01. The van der Waals surface area contributed by atoms with Gasteiger partial charge < -0.3 is 10.5 Å². The molecule has 1 rings (SSSR count). The largest absolute Gasteiger partial charge is 0.449 e. The Morgan fingerprint density at radius 2 is 2.06 bits per heavy atom. The quantitative estimate of drug-likeness (QED) is 0.527. The second kappa shape index (κ2) is 5.74. The molecule has 2 amide bonds. The highest BCUT2D eigenvalue weighted by atomic mass is 16.5. The van der Waals surface area contributed by atoms with Crippen LogP contribution in [0.25, 0.3) is 0 Å². The zero-order chi connectivity index (χ0) is 12.8. The molecule has 0 saturated carbocycles. The zero-order valence-corrected chi connectivity index (χ0v) is 9.74.